The fraction of sp³-hybridized carbons (Fsp3) is 0.176. The SMILES string of the molecule is Cc1cc(NC(=O)Cn2cnc3scc(-c4ccc(C)s4)c3c2=O)no1. The molecule has 0 saturated heterocycles. The summed E-state index contributed by atoms with van der Waals surface area (Å²) in [5.41, 5.74) is 0.631. The molecule has 4 aromatic rings. The Balaban J connectivity index is 1.67. The van der Waals surface area contributed by atoms with Gasteiger partial charge in [0.25, 0.3) is 5.56 Å². The first-order chi connectivity index (χ1) is 12.5. The van der Waals surface area contributed by atoms with Gasteiger partial charge in [-0.15, -0.1) is 22.7 Å². The summed E-state index contributed by atoms with van der Waals surface area (Å²) < 4.78 is 6.22. The number of hydrogen-bond acceptors (Lipinski definition) is 7. The van der Waals surface area contributed by atoms with Crippen LogP contribution in [0.3, 0.4) is 0 Å². The van der Waals surface area contributed by atoms with E-state index in [-0.39, 0.29) is 18.0 Å². The normalized spacial score (nSPS) is 11.2. The Hall–Kier alpha value is -2.78. The second kappa shape index (κ2) is 6.50. The third-order valence-electron chi connectivity index (χ3n) is 3.78. The van der Waals surface area contributed by atoms with Crippen LogP contribution in [0.2, 0.25) is 0 Å². The number of aromatic nitrogens is 3. The van der Waals surface area contributed by atoms with Crippen LogP contribution in [0.5, 0.6) is 0 Å². The highest BCUT2D eigenvalue weighted by molar-refractivity contribution is 7.19. The van der Waals surface area contributed by atoms with E-state index in [0.29, 0.717) is 21.8 Å². The Morgan fingerprint density at radius 3 is 2.88 bits per heavy atom. The minimum absolute atomic E-state index is 0.146. The Labute approximate surface area is 155 Å². The van der Waals surface area contributed by atoms with Gasteiger partial charge in [0, 0.05) is 26.8 Å². The van der Waals surface area contributed by atoms with Gasteiger partial charge in [0.1, 0.15) is 17.1 Å². The van der Waals surface area contributed by atoms with Crippen LogP contribution in [0.15, 0.2) is 39.2 Å². The molecule has 0 aromatic carbocycles. The van der Waals surface area contributed by atoms with Crippen molar-refractivity contribution in [3.05, 3.63) is 50.9 Å². The maximum Gasteiger partial charge on any atom is 0.263 e. The topological polar surface area (TPSA) is 90.0 Å². The second-order valence-corrected chi connectivity index (χ2v) is 7.93. The Bertz CT molecular complexity index is 1170. The number of carbonyl (C=O) groups excluding carboxylic acids is 1. The van der Waals surface area contributed by atoms with E-state index < -0.39 is 0 Å². The van der Waals surface area contributed by atoms with Crippen LogP contribution in [0, 0.1) is 13.8 Å². The molecular weight excluding hydrogens is 372 g/mol. The van der Waals surface area contributed by atoms with Gasteiger partial charge in [0.15, 0.2) is 5.82 Å². The van der Waals surface area contributed by atoms with Gasteiger partial charge < -0.3 is 9.84 Å². The Morgan fingerprint density at radius 2 is 2.19 bits per heavy atom. The predicted molar refractivity (Wildman–Crippen MR) is 102 cm³/mol. The van der Waals surface area contributed by atoms with Crippen molar-refractivity contribution < 1.29 is 9.32 Å². The first-order valence-electron chi connectivity index (χ1n) is 7.78. The quantitative estimate of drug-likeness (QED) is 0.580. The summed E-state index contributed by atoms with van der Waals surface area (Å²) in [6.45, 7) is 3.61. The number of nitrogens with zero attached hydrogens (tertiary/aromatic N) is 3. The van der Waals surface area contributed by atoms with E-state index in [1.54, 1.807) is 24.3 Å². The summed E-state index contributed by atoms with van der Waals surface area (Å²) in [4.78, 5) is 32.3. The van der Waals surface area contributed by atoms with E-state index in [9.17, 15) is 9.59 Å². The molecule has 4 heterocycles. The van der Waals surface area contributed by atoms with Gasteiger partial charge in [-0.2, -0.15) is 0 Å². The standard InChI is InChI=1S/C17H14N4O3S2/c1-9-5-13(20-24-9)19-14(22)6-21-8-18-16-15(17(21)23)11(7-25-16)12-4-3-10(2)26-12/h3-5,7-8H,6H2,1-2H3,(H,19,20,22). The molecular formula is C17H14N4O3S2. The minimum Gasteiger partial charge on any atom is -0.360 e. The molecule has 9 heteroatoms. The summed E-state index contributed by atoms with van der Waals surface area (Å²) in [7, 11) is 0. The Morgan fingerprint density at radius 1 is 1.35 bits per heavy atom. The summed E-state index contributed by atoms with van der Waals surface area (Å²) in [5.74, 6) is 0.542. The van der Waals surface area contributed by atoms with E-state index in [2.05, 4.69) is 15.5 Å². The third-order valence-corrected chi connectivity index (χ3v) is 5.70. The van der Waals surface area contributed by atoms with Crippen molar-refractivity contribution >= 4 is 44.6 Å². The van der Waals surface area contributed by atoms with Crippen LogP contribution < -0.4 is 10.9 Å². The molecule has 1 amide bonds. The summed E-state index contributed by atoms with van der Waals surface area (Å²) in [6, 6.07) is 5.63. The zero-order valence-corrected chi connectivity index (χ0v) is 15.6. The average molecular weight is 386 g/mol. The maximum atomic E-state index is 12.9. The highest BCUT2D eigenvalue weighted by atomic mass is 32.1. The van der Waals surface area contributed by atoms with Crippen molar-refractivity contribution in [3.8, 4) is 10.4 Å². The fourth-order valence-corrected chi connectivity index (χ4v) is 4.47. The van der Waals surface area contributed by atoms with Gasteiger partial charge in [-0.3, -0.25) is 14.2 Å². The van der Waals surface area contributed by atoms with Crippen molar-refractivity contribution in [1.82, 2.24) is 14.7 Å². The van der Waals surface area contributed by atoms with E-state index in [0.717, 1.165) is 10.4 Å². The molecule has 26 heavy (non-hydrogen) atoms. The number of hydrogen-bond donors (Lipinski definition) is 1. The van der Waals surface area contributed by atoms with E-state index >= 15 is 0 Å². The lowest BCUT2D eigenvalue weighted by Gasteiger charge is -2.05. The second-order valence-electron chi connectivity index (χ2n) is 5.79. The molecule has 0 aliphatic carbocycles. The monoisotopic (exact) mass is 386 g/mol. The molecule has 7 nitrogen and oxygen atoms in total. The zero-order valence-electron chi connectivity index (χ0n) is 14.0. The van der Waals surface area contributed by atoms with Crippen molar-refractivity contribution in [1.29, 1.82) is 0 Å². The van der Waals surface area contributed by atoms with Crippen LogP contribution in [0.4, 0.5) is 5.82 Å². The number of rotatable bonds is 4. The number of thiophene rings is 2. The molecule has 0 radical (unpaired) electrons. The number of anilines is 1. The zero-order chi connectivity index (χ0) is 18.3. The van der Waals surface area contributed by atoms with Crippen molar-refractivity contribution in [3.63, 3.8) is 0 Å². The number of carbonyl (C=O) groups is 1. The molecule has 0 unspecified atom stereocenters. The molecule has 0 fully saturated rings. The van der Waals surface area contributed by atoms with E-state index in [1.165, 1.54) is 27.1 Å². The van der Waals surface area contributed by atoms with Gasteiger partial charge in [-0.05, 0) is 26.0 Å². The van der Waals surface area contributed by atoms with Gasteiger partial charge in [0.2, 0.25) is 5.91 Å². The molecule has 1 N–H and O–H groups in total. The smallest absolute Gasteiger partial charge is 0.263 e. The van der Waals surface area contributed by atoms with Gasteiger partial charge in [0.05, 0.1) is 11.7 Å². The van der Waals surface area contributed by atoms with Crippen LogP contribution in [0.25, 0.3) is 20.7 Å². The molecule has 0 saturated carbocycles. The van der Waals surface area contributed by atoms with Crippen molar-refractivity contribution in [2.24, 2.45) is 0 Å². The summed E-state index contributed by atoms with van der Waals surface area (Å²) in [6.07, 6.45) is 1.40. The largest absolute Gasteiger partial charge is 0.360 e. The molecule has 4 aromatic heterocycles. The van der Waals surface area contributed by atoms with Gasteiger partial charge in [-0.25, -0.2) is 4.98 Å². The summed E-state index contributed by atoms with van der Waals surface area (Å²) in [5, 5.41) is 8.80. The van der Waals surface area contributed by atoms with Crippen LogP contribution in [-0.2, 0) is 11.3 Å². The highest BCUT2D eigenvalue weighted by Crippen LogP contribution is 2.34. The van der Waals surface area contributed by atoms with Crippen LogP contribution >= 0.6 is 22.7 Å². The lowest BCUT2D eigenvalue weighted by Crippen LogP contribution is -2.27. The molecule has 0 aliphatic heterocycles. The number of aryl methyl sites for hydroxylation is 2. The summed E-state index contributed by atoms with van der Waals surface area (Å²) >= 11 is 3.05. The molecule has 132 valence electrons. The number of nitrogens with one attached hydrogen (secondary N) is 1. The maximum absolute atomic E-state index is 12.9. The lowest BCUT2D eigenvalue weighted by atomic mass is 10.2. The number of fused-ring (bicyclic) bond motifs is 1. The van der Waals surface area contributed by atoms with E-state index in [1.807, 2.05) is 24.4 Å². The minimum atomic E-state index is -0.370. The van der Waals surface area contributed by atoms with Crippen LogP contribution in [-0.4, -0.2) is 20.6 Å². The van der Waals surface area contributed by atoms with Crippen LogP contribution in [0.1, 0.15) is 10.6 Å². The van der Waals surface area contributed by atoms with Crippen molar-refractivity contribution in [2.45, 2.75) is 20.4 Å². The van der Waals surface area contributed by atoms with Crippen molar-refractivity contribution in [2.75, 3.05) is 5.32 Å². The first kappa shape index (κ1) is 16.7. The average Bonchev–Trinajstić information content (AvgIpc) is 3.30. The molecule has 0 atom stereocenters. The third kappa shape index (κ3) is 3.06. The molecule has 0 bridgehead atoms. The van der Waals surface area contributed by atoms with E-state index in [4.69, 9.17) is 4.52 Å². The predicted octanol–water partition coefficient (Wildman–Crippen LogP) is 3.43. The fourth-order valence-electron chi connectivity index (χ4n) is 2.60. The lowest BCUT2D eigenvalue weighted by molar-refractivity contribution is -0.116. The first-order valence-corrected chi connectivity index (χ1v) is 9.47. The highest BCUT2D eigenvalue weighted by Gasteiger charge is 2.16. The molecule has 4 rings (SSSR count). The number of amides is 1. The molecule has 0 spiro atoms. The Kier molecular flexibility index (Phi) is 4.17. The van der Waals surface area contributed by atoms with Gasteiger partial charge in [-0.1, -0.05) is 5.16 Å². The molecule has 0 aliphatic rings. The van der Waals surface area contributed by atoms with Gasteiger partial charge >= 0.3 is 0 Å².